The minimum Gasteiger partial charge on any atom is -0.479 e. The molecule has 0 spiro atoms. The van der Waals surface area contributed by atoms with E-state index in [9.17, 15) is 0 Å². The molecule has 0 aliphatic carbocycles. The Morgan fingerprint density at radius 1 is 1.53 bits per heavy atom. The van der Waals surface area contributed by atoms with Gasteiger partial charge < -0.3 is 14.3 Å². The van der Waals surface area contributed by atoms with Crippen molar-refractivity contribution in [3.8, 4) is 5.88 Å². The van der Waals surface area contributed by atoms with E-state index in [0.717, 1.165) is 24.1 Å². The number of aromatic amines is 1. The first-order valence-corrected chi connectivity index (χ1v) is 5.16. The van der Waals surface area contributed by atoms with Crippen molar-refractivity contribution in [1.29, 1.82) is 0 Å². The summed E-state index contributed by atoms with van der Waals surface area (Å²) in [5.41, 5.74) is 1.56. The van der Waals surface area contributed by atoms with E-state index in [1.807, 2.05) is 4.57 Å². The van der Waals surface area contributed by atoms with Crippen molar-refractivity contribution < 1.29 is 4.74 Å². The number of nitrogens with zero attached hydrogens (tertiary/aromatic N) is 3. The molecule has 0 unspecified atom stereocenters. The summed E-state index contributed by atoms with van der Waals surface area (Å²) in [6.07, 6.45) is 2.49. The average Bonchev–Trinajstić information content (AvgIpc) is 2.56. The second-order valence-corrected chi connectivity index (χ2v) is 3.55. The van der Waals surface area contributed by atoms with Gasteiger partial charge in [-0.05, 0) is 18.6 Å². The molecule has 0 atom stereocenters. The number of fused-ring (bicyclic) bond motifs is 1. The number of imidazole rings is 1. The largest absolute Gasteiger partial charge is 0.479 e. The van der Waals surface area contributed by atoms with Crippen LogP contribution in [0, 0.1) is 4.77 Å². The van der Waals surface area contributed by atoms with Crippen LogP contribution >= 0.6 is 12.2 Å². The van der Waals surface area contributed by atoms with Gasteiger partial charge in [0.1, 0.15) is 11.8 Å². The highest BCUT2D eigenvalue weighted by atomic mass is 32.1. The summed E-state index contributed by atoms with van der Waals surface area (Å²) in [7, 11) is 1.58. The van der Waals surface area contributed by atoms with Crippen molar-refractivity contribution in [2.24, 2.45) is 0 Å². The fraction of sp³-hybridized carbons (Fsp3) is 0.444. The highest BCUT2D eigenvalue weighted by molar-refractivity contribution is 7.71. The van der Waals surface area contributed by atoms with Crippen LogP contribution in [0.3, 0.4) is 0 Å². The lowest BCUT2D eigenvalue weighted by atomic mass is 10.4. The van der Waals surface area contributed by atoms with Gasteiger partial charge in [-0.3, -0.25) is 0 Å². The Kier molecular flexibility index (Phi) is 2.68. The number of aryl methyl sites for hydroxylation is 1. The van der Waals surface area contributed by atoms with Crippen LogP contribution < -0.4 is 4.74 Å². The second-order valence-electron chi connectivity index (χ2n) is 3.16. The molecule has 2 heterocycles. The first kappa shape index (κ1) is 10.1. The topological polar surface area (TPSA) is 55.7 Å². The van der Waals surface area contributed by atoms with E-state index in [1.54, 1.807) is 7.11 Å². The number of rotatable bonds is 3. The lowest BCUT2D eigenvalue weighted by molar-refractivity contribution is 0.401. The van der Waals surface area contributed by atoms with Crippen molar-refractivity contribution in [3.63, 3.8) is 0 Å². The van der Waals surface area contributed by atoms with Crippen LogP contribution in [0.2, 0.25) is 0 Å². The molecule has 2 rings (SSSR count). The van der Waals surface area contributed by atoms with Crippen LogP contribution in [0.1, 0.15) is 13.3 Å². The molecule has 5 nitrogen and oxygen atoms in total. The van der Waals surface area contributed by atoms with Crippen molar-refractivity contribution in [1.82, 2.24) is 19.5 Å². The predicted molar refractivity (Wildman–Crippen MR) is 59.6 cm³/mol. The number of aromatic nitrogens is 4. The van der Waals surface area contributed by atoms with Gasteiger partial charge in [-0.1, -0.05) is 6.92 Å². The fourth-order valence-electron chi connectivity index (χ4n) is 1.53. The second kappa shape index (κ2) is 3.98. The zero-order valence-electron chi connectivity index (χ0n) is 8.65. The number of nitrogens with one attached hydrogen (secondary N) is 1. The molecule has 0 aliphatic heterocycles. The molecule has 0 bridgehead atoms. The minimum atomic E-state index is 0.529. The molecule has 15 heavy (non-hydrogen) atoms. The molecule has 2 aromatic heterocycles. The van der Waals surface area contributed by atoms with Crippen LogP contribution in [-0.2, 0) is 6.54 Å². The number of methoxy groups -OCH3 is 1. The summed E-state index contributed by atoms with van der Waals surface area (Å²) in [4.78, 5) is 11.3. The van der Waals surface area contributed by atoms with E-state index in [4.69, 9.17) is 17.0 Å². The number of H-pyrrole nitrogens is 1. The number of hydrogen-bond acceptors (Lipinski definition) is 4. The highest BCUT2D eigenvalue weighted by Gasteiger charge is 2.10. The summed E-state index contributed by atoms with van der Waals surface area (Å²) < 4.78 is 7.74. The fourth-order valence-corrected chi connectivity index (χ4v) is 1.81. The molecule has 1 N–H and O–H groups in total. The monoisotopic (exact) mass is 224 g/mol. The highest BCUT2D eigenvalue weighted by Crippen LogP contribution is 2.19. The molecule has 0 fully saturated rings. The molecule has 0 aliphatic rings. The molecule has 2 aromatic rings. The first-order valence-electron chi connectivity index (χ1n) is 4.75. The molecule has 0 radical (unpaired) electrons. The summed E-state index contributed by atoms with van der Waals surface area (Å²) in [5.74, 6) is 0.529. The van der Waals surface area contributed by atoms with Crippen LogP contribution in [0.25, 0.3) is 11.2 Å². The molecular formula is C9H12N4OS. The molecule has 6 heteroatoms. The minimum absolute atomic E-state index is 0.529. The normalized spacial score (nSPS) is 10.8. The van der Waals surface area contributed by atoms with E-state index < -0.39 is 0 Å². The number of ether oxygens (including phenoxy) is 1. The Balaban J connectivity index is 2.72. The quantitative estimate of drug-likeness (QED) is 0.809. The molecule has 0 saturated heterocycles. The Hall–Kier alpha value is -1.43. The van der Waals surface area contributed by atoms with Gasteiger partial charge in [0.2, 0.25) is 5.88 Å². The van der Waals surface area contributed by atoms with Gasteiger partial charge in [-0.25, -0.2) is 4.98 Å². The van der Waals surface area contributed by atoms with Gasteiger partial charge in [-0.15, -0.1) is 0 Å². The summed E-state index contributed by atoms with van der Waals surface area (Å²) in [6, 6.07) is 0. The van der Waals surface area contributed by atoms with Gasteiger partial charge in [0.25, 0.3) is 0 Å². The molecule has 80 valence electrons. The molecule has 0 aromatic carbocycles. The lowest BCUT2D eigenvalue weighted by Crippen LogP contribution is -1.98. The Bertz CT molecular complexity index is 530. The van der Waals surface area contributed by atoms with Crippen LogP contribution in [-0.4, -0.2) is 26.6 Å². The molecule has 0 amide bonds. The number of hydrogen-bond donors (Lipinski definition) is 1. The third kappa shape index (κ3) is 1.61. The molecular weight excluding hydrogens is 212 g/mol. The van der Waals surface area contributed by atoms with Crippen molar-refractivity contribution in [3.05, 3.63) is 11.1 Å². The smallest absolute Gasteiger partial charge is 0.242 e. The zero-order chi connectivity index (χ0) is 10.8. The molecule has 0 saturated carbocycles. The Labute approximate surface area is 92.1 Å². The van der Waals surface area contributed by atoms with Crippen molar-refractivity contribution in [2.75, 3.05) is 7.11 Å². The maximum absolute atomic E-state index is 5.21. The van der Waals surface area contributed by atoms with E-state index in [0.29, 0.717) is 10.7 Å². The maximum Gasteiger partial charge on any atom is 0.242 e. The van der Waals surface area contributed by atoms with Crippen LogP contribution in [0.4, 0.5) is 0 Å². The van der Waals surface area contributed by atoms with E-state index in [2.05, 4.69) is 21.9 Å². The lowest BCUT2D eigenvalue weighted by Gasteiger charge is -2.01. The van der Waals surface area contributed by atoms with Crippen molar-refractivity contribution in [2.45, 2.75) is 19.9 Å². The Morgan fingerprint density at radius 2 is 2.33 bits per heavy atom. The van der Waals surface area contributed by atoms with Gasteiger partial charge in [0, 0.05) is 6.54 Å². The third-order valence-corrected chi connectivity index (χ3v) is 2.49. The standard InChI is InChI=1S/C9H12N4OS/c1-3-4-13-7-6(12-9(13)15)8(14-2)11-5-10-7/h5H,3-4H2,1-2H3,(H,12,15). The van der Waals surface area contributed by atoms with Gasteiger partial charge in [-0.2, -0.15) is 4.98 Å². The third-order valence-electron chi connectivity index (χ3n) is 2.17. The van der Waals surface area contributed by atoms with Crippen molar-refractivity contribution >= 4 is 23.4 Å². The predicted octanol–water partition coefficient (Wildman–Crippen LogP) is 1.91. The van der Waals surface area contributed by atoms with Gasteiger partial charge in [0.05, 0.1) is 7.11 Å². The van der Waals surface area contributed by atoms with E-state index in [-0.39, 0.29) is 0 Å². The van der Waals surface area contributed by atoms with Crippen LogP contribution in [0.5, 0.6) is 5.88 Å². The van der Waals surface area contributed by atoms with Crippen LogP contribution in [0.15, 0.2) is 6.33 Å². The van der Waals surface area contributed by atoms with E-state index in [1.165, 1.54) is 6.33 Å². The Morgan fingerprint density at radius 3 is 3.00 bits per heavy atom. The summed E-state index contributed by atoms with van der Waals surface area (Å²) in [5, 5.41) is 0. The van der Waals surface area contributed by atoms with Gasteiger partial charge >= 0.3 is 0 Å². The first-order chi connectivity index (χ1) is 7.27. The SMILES string of the molecule is CCCn1c(=S)[nH]c2c(OC)ncnc21. The zero-order valence-corrected chi connectivity index (χ0v) is 9.47. The summed E-state index contributed by atoms with van der Waals surface area (Å²) in [6.45, 7) is 2.94. The average molecular weight is 224 g/mol. The summed E-state index contributed by atoms with van der Waals surface area (Å²) >= 11 is 5.21. The maximum atomic E-state index is 5.21. The van der Waals surface area contributed by atoms with E-state index >= 15 is 0 Å². The van der Waals surface area contributed by atoms with Gasteiger partial charge in [0.15, 0.2) is 10.4 Å².